The second-order valence-electron chi connectivity index (χ2n) is 4.99. The van der Waals surface area contributed by atoms with Crippen molar-refractivity contribution in [3.05, 3.63) is 72.1 Å². The second kappa shape index (κ2) is 7.94. The number of thioether (sulfide) groups is 1. The fourth-order valence-corrected chi connectivity index (χ4v) is 2.58. The lowest BCUT2D eigenvalue weighted by Gasteiger charge is -2.04. The van der Waals surface area contributed by atoms with Crippen LogP contribution in [0.15, 0.2) is 70.2 Å². The number of carbonyl (C=O) groups excluding carboxylic acids is 1. The molecule has 7 heteroatoms. The lowest BCUT2D eigenvalue weighted by Crippen LogP contribution is -2.05. The smallest absolute Gasteiger partial charge is 0.338 e. The highest BCUT2D eigenvalue weighted by atomic mass is 32.2. The Labute approximate surface area is 146 Å². The summed E-state index contributed by atoms with van der Waals surface area (Å²) in [5.74, 6) is -2.61. The van der Waals surface area contributed by atoms with Crippen LogP contribution in [-0.2, 0) is 11.3 Å². The molecule has 0 spiro atoms. The van der Waals surface area contributed by atoms with Gasteiger partial charge in [-0.1, -0.05) is 30.0 Å². The monoisotopic (exact) mass is 361 g/mol. The van der Waals surface area contributed by atoms with Crippen molar-refractivity contribution in [1.29, 1.82) is 0 Å². The van der Waals surface area contributed by atoms with Gasteiger partial charge in [0.25, 0.3) is 5.76 Å². The quantitative estimate of drug-likeness (QED) is 0.456. The van der Waals surface area contributed by atoms with Gasteiger partial charge in [-0.3, -0.25) is 0 Å². The number of oxazole rings is 1. The van der Waals surface area contributed by atoms with E-state index in [1.807, 2.05) is 30.3 Å². The number of hydrogen-bond acceptors (Lipinski definition) is 5. The molecule has 0 saturated carbocycles. The third-order valence-electron chi connectivity index (χ3n) is 3.24. The standard InChI is InChI=1S/C18H13F2NO3S/c19-18(20)25-15-8-6-13(7-9-15)17(22)24-11-14-10-23-16(21-14)12-4-2-1-3-5-12/h1-10,18H,11H2. The number of aromatic nitrogens is 1. The maximum Gasteiger partial charge on any atom is 0.338 e. The van der Waals surface area contributed by atoms with Crippen LogP contribution in [0.1, 0.15) is 16.1 Å². The van der Waals surface area contributed by atoms with E-state index < -0.39 is 11.7 Å². The van der Waals surface area contributed by atoms with Crippen molar-refractivity contribution in [2.75, 3.05) is 0 Å². The molecule has 3 aromatic rings. The van der Waals surface area contributed by atoms with Crippen LogP contribution < -0.4 is 0 Å². The highest BCUT2D eigenvalue weighted by Crippen LogP contribution is 2.25. The average molecular weight is 361 g/mol. The number of hydrogen-bond donors (Lipinski definition) is 0. The van der Waals surface area contributed by atoms with Crippen molar-refractivity contribution in [2.24, 2.45) is 0 Å². The van der Waals surface area contributed by atoms with Crippen LogP contribution in [0, 0.1) is 0 Å². The van der Waals surface area contributed by atoms with E-state index in [-0.39, 0.29) is 12.2 Å². The molecule has 0 bridgehead atoms. The van der Waals surface area contributed by atoms with E-state index in [1.165, 1.54) is 30.5 Å². The van der Waals surface area contributed by atoms with E-state index in [2.05, 4.69) is 4.98 Å². The molecule has 1 heterocycles. The normalized spacial score (nSPS) is 10.8. The van der Waals surface area contributed by atoms with Crippen molar-refractivity contribution >= 4 is 17.7 Å². The predicted molar refractivity (Wildman–Crippen MR) is 89.4 cm³/mol. The van der Waals surface area contributed by atoms with E-state index in [0.717, 1.165) is 5.56 Å². The summed E-state index contributed by atoms with van der Waals surface area (Å²) in [7, 11) is 0. The molecule has 3 rings (SSSR count). The van der Waals surface area contributed by atoms with Gasteiger partial charge < -0.3 is 9.15 Å². The molecule has 0 saturated heterocycles. The van der Waals surface area contributed by atoms with Gasteiger partial charge in [0.05, 0.1) is 5.56 Å². The Bertz CT molecular complexity index is 835. The van der Waals surface area contributed by atoms with Crippen molar-refractivity contribution < 1.29 is 22.7 Å². The number of nitrogens with zero attached hydrogens (tertiary/aromatic N) is 1. The molecule has 4 nitrogen and oxygen atoms in total. The molecular formula is C18H13F2NO3S. The van der Waals surface area contributed by atoms with Gasteiger partial charge in [0.15, 0.2) is 0 Å². The van der Waals surface area contributed by atoms with Crippen LogP contribution in [-0.4, -0.2) is 16.7 Å². The average Bonchev–Trinajstić information content (AvgIpc) is 3.10. The Morgan fingerprint density at radius 2 is 1.84 bits per heavy atom. The molecule has 0 N–H and O–H groups in total. The van der Waals surface area contributed by atoms with E-state index in [4.69, 9.17) is 9.15 Å². The summed E-state index contributed by atoms with van der Waals surface area (Å²) in [5, 5.41) is 0. The minimum Gasteiger partial charge on any atom is -0.455 e. The number of halogens is 2. The first-order valence-electron chi connectivity index (χ1n) is 7.33. The van der Waals surface area contributed by atoms with Crippen LogP contribution in [0.2, 0.25) is 0 Å². The molecule has 0 atom stereocenters. The molecule has 0 aliphatic rings. The third kappa shape index (κ3) is 4.67. The molecule has 0 aliphatic heterocycles. The van der Waals surface area contributed by atoms with Gasteiger partial charge in [-0.2, -0.15) is 8.78 Å². The SMILES string of the molecule is O=C(OCc1coc(-c2ccccc2)n1)c1ccc(SC(F)F)cc1. The number of alkyl halides is 2. The molecule has 0 radical (unpaired) electrons. The zero-order valence-corrected chi connectivity index (χ0v) is 13.7. The summed E-state index contributed by atoms with van der Waals surface area (Å²) in [4.78, 5) is 16.6. The van der Waals surface area contributed by atoms with Crippen LogP contribution in [0.5, 0.6) is 0 Å². The van der Waals surface area contributed by atoms with Gasteiger partial charge in [0, 0.05) is 10.5 Å². The minimum atomic E-state index is -2.50. The maximum absolute atomic E-state index is 12.3. The largest absolute Gasteiger partial charge is 0.455 e. The van der Waals surface area contributed by atoms with Crippen LogP contribution in [0.4, 0.5) is 8.78 Å². The van der Waals surface area contributed by atoms with Crippen molar-refractivity contribution in [3.8, 4) is 11.5 Å². The van der Waals surface area contributed by atoms with Gasteiger partial charge in [-0.25, -0.2) is 9.78 Å². The first kappa shape index (κ1) is 17.2. The summed E-state index contributed by atoms with van der Waals surface area (Å²) in [6, 6.07) is 15.2. The Hall–Kier alpha value is -2.67. The van der Waals surface area contributed by atoms with Crippen molar-refractivity contribution in [3.63, 3.8) is 0 Å². The van der Waals surface area contributed by atoms with E-state index >= 15 is 0 Å². The summed E-state index contributed by atoms with van der Waals surface area (Å²) in [6.45, 7) is -0.0390. The molecule has 1 aromatic heterocycles. The summed E-state index contributed by atoms with van der Waals surface area (Å²) >= 11 is 0.422. The van der Waals surface area contributed by atoms with Gasteiger partial charge in [-0.15, -0.1) is 0 Å². The van der Waals surface area contributed by atoms with E-state index in [0.29, 0.717) is 28.2 Å². The highest BCUT2D eigenvalue weighted by Gasteiger charge is 2.12. The lowest BCUT2D eigenvalue weighted by atomic mass is 10.2. The molecule has 25 heavy (non-hydrogen) atoms. The molecule has 0 amide bonds. The first-order valence-corrected chi connectivity index (χ1v) is 8.21. The first-order chi connectivity index (χ1) is 12.1. The van der Waals surface area contributed by atoms with Crippen molar-refractivity contribution in [2.45, 2.75) is 17.3 Å². The topological polar surface area (TPSA) is 52.3 Å². The van der Waals surface area contributed by atoms with Crippen LogP contribution >= 0.6 is 11.8 Å². The van der Waals surface area contributed by atoms with E-state index in [1.54, 1.807) is 0 Å². The summed E-state index contributed by atoms with van der Waals surface area (Å²) in [5.41, 5.74) is 1.59. The van der Waals surface area contributed by atoms with E-state index in [9.17, 15) is 13.6 Å². The Morgan fingerprint density at radius 1 is 1.12 bits per heavy atom. The fraction of sp³-hybridized carbons (Fsp3) is 0.111. The minimum absolute atomic E-state index is 0.0390. The van der Waals surface area contributed by atoms with Gasteiger partial charge >= 0.3 is 5.97 Å². The van der Waals surface area contributed by atoms with Gasteiger partial charge in [-0.05, 0) is 36.4 Å². The summed E-state index contributed by atoms with van der Waals surface area (Å²) in [6.07, 6.45) is 1.43. The van der Waals surface area contributed by atoms with Crippen LogP contribution in [0.25, 0.3) is 11.5 Å². The molecule has 2 aromatic carbocycles. The lowest BCUT2D eigenvalue weighted by molar-refractivity contribution is 0.0467. The Kier molecular flexibility index (Phi) is 5.45. The van der Waals surface area contributed by atoms with Gasteiger partial charge in [0.2, 0.25) is 5.89 Å². The zero-order valence-electron chi connectivity index (χ0n) is 12.9. The maximum atomic E-state index is 12.3. The third-order valence-corrected chi connectivity index (χ3v) is 3.96. The van der Waals surface area contributed by atoms with Crippen molar-refractivity contribution in [1.82, 2.24) is 4.98 Å². The molecule has 128 valence electrons. The number of rotatable bonds is 6. The molecule has 0 aliphatic carbocycles. The number of esters is 1. The Balaban J connectivity index is 1.58. The predicted octanol–water partition coefficient (Wildman–Crippen LogP) is 5.01. The second-order valence-corrected chi connectivity index (χ2v) is 6.05. The highest BCUT2D eigenvalue weighted by molar-refractivity contribution is 7.99. The number of carbonyl (C=O) groups is 1. The van der Waals surface area contributed by atoms with Gasteiger partial charge in [0.1, 0.15) is 18.6 Å². The number of ether oxygens (including phenoxy) is 1. The molecule has 0 unspecified atom stereocenters. The number of benzene rings is 2. The zero-order chi connectivity index (χ0) is 17.6. The summed E-state index contributed by atoms with van der Waals surface area (Å²) < 4.78 is 35.1. The fourth-order valence-electron chi connectivity index (χ4n) is 2.08. The van der Waals surface area contributed by atoms with Crippen LogP contribution in [0.3, 0.4) is 0 Å². The molecule has 0 fully saturated rings. The Morgan fingerprint density at radius 3 is 2.52 bits per heavy atom. The molecular weight excluding hydrogens is 348 g/mol.